The minimum absolute atomic E-state index is 0. The first kappa shape index (κ1) is 27.1. The van der Waals surface area contributed by atoms with Gasteiger partial charge in [0.1, 0.15) is 5.82 Å². The maximum Gasteiger partial charge on any atom is 0.274 e. The van der Waals surface area contributed by atoms with Gasteiger partial charge in [0.05, 0.1) is 18.7 Å². The van der Waals surface area contributed by atoms with Gasteiger partial charge in [-0.15, -0.1) is 12.4 Å². The first-order valence-corrected chi connectivity index (χ1v) is 10.3. The van der Waals surface area contributed by atoms with Gasteiger partial charge in [-0.25, -0.2) is 23.2 Å². The van der Waals surface area contributed by atoms with Gasteiger partial charge in [-0.2, -0.15) is 0 Å². The molecule has 2 aromatic rings. The molecule has 2 heterocycles. The van der Waals surface area contributed by atoms with Crippen molar-refractivity contribution in [2.75, 3.05) is 26.2 Å². The van der Waals surface area contributed by atoms with Crippen LogP contribution in [0.5, 0.6) is 0 Å². The second-order valence-corrected chi connectivity index (χ2v) is 7.72. The summed E-state index contributed by atoms with van der Waals surface area (Å²) in [6, 6.07) is 3.53. The Morgan fingerprint density at radius 1 is 1.03 bits per heavy atom. The van der Waals surface area contributed by atoms with E-state index >= 15 is 0 Å². The second-order valence-electron chi connectivity index (χ2n) is 7.72. The van der Waals surface area contributed by atoms with Crippen LogP contribution in [0, 0.1) is 17.5 Å². The topological polar surface area (TPSA) is 99.8 Å². The predicted octanol–water partition coefficient (Wildman–Crippen LogP) is 1.93. The highest BCUT2D eigenvalue weighted by Crippen LogP contribution is 2.17. The molecule has 3 rings (SSSR count). The van der Waals surface area contributed by atoms with E-state index in [1.807, 2.05) is 0 Å². The highest BCUT2D eigenvalue weighted by molar-refractivity contribution is 5.95. The quantitative estimate of drug-likeness (QED) is 0.634. The van der Waals surface area contributed by atoms with Crippen LogP contribution in [-0.2, 0) is 16.0 Å². The molecule has 0 saturated carbocycles. The number of carbonyl (C=O) groups is 3. The van der Waals surface area contributed by atoms with Crippen molar-refractivity contribution in [3.63, 3.8) is 0 Å². The Labute approximate surface area is 200 Å². The van der Waals surface area contributed by atoms with Crippen molar-refractivity contribution in [3.05, 3.63) is 65.2 Å². The molecule has 0 radical (unpaired) electrons. The van der Waals surface area contributed by atoms with Crippen LogP contribution < -0.4 is 5.73 Å². The normalized spacial score (nSPS) is 14.8. The first-order valence-electron chi connectivity index (χ1n) is 10.3. The molecule has 1 aliphatic rings. The van der Waals surface area contributed by atoms with Crippen LogP contribution in [0.15, 0.2) is 36.7 Å². The van der Waals surface area contributed by atoms with E-state index < -0.39 is 29.4 Å². The van der Waals surface area contributed by atoms with Crippen molar-refractivity contribution < 1.29 is 27.6 Å². The lowest BCUT2D eigenvalue weighted by Crippen LogP contribution is -2.49. The molecule has 0 unspecified atom stereocenters. The van der Waals surface area contributed by atoms with E-state index in [0.717, 1.165) is 6.07 Å². The molecule has 3 amide bonds. The molecule has 2 N–H and O–H groups in total. The maximum atomic E-state index is 13.9. The maximum absolute atomic E-state index is 13.9. The number of benzene rings is 1. The fourth-order valence-electron chi connectivity index (χ4n) is 3.64. The van der Waals surface area contributed by atoms with Gasteiger partial charge < -0.3 is 10.6 Å². The van der Waals surface area contributed by atoms with Crippen LogP contribution in [0.1, 0.15) is 29.3 Å². The number of nitrogens with zero attached hydrogens (tertiary/aromatic N) is 4. The zero-order chi connectivity index (χ0) is 24.1. The second kappa shape index (κ2) is 11.8. The molecule has 34 heavy (non-hydrogen) atoms. The van der Waals surface area contributed by atoms with Gasteiger partial charge in [0, 0.05) is 50.9 Å². The van der Waals surface area contributed by atoms with E-state index in [1.54, 1.807) is 12.1 Å². The van der Waals surface area contributed by atoms with Crippen molar-refractivity contribution in [3.8, 4) is 0 Å². The van der Waals surface area contributed by atoms with E-state index in [0.29, 0.717) is 11.6 Å². The summed E-state index contributed by atoms with van der Waals surface area (Å²) in [5.74, 6) is -4.56. The van der Waals surface area contributed by atoms with E-state index in [9.17, 15) is 27.6 Å². The van der Waals surface area contributed by atoms with E-state index in [1.165, 1.54) is 34.2 Å². The molecule has 1 aromatic heterocycles. The highest BCUT2D eigenvalue weighted by Gasteiger charge is 2.30. The minimum Gasteiger partial charge on any atom is -0.339 e. The van der Waals surface area contributed by atoms with Gasteiger partial charge in [0.15, 0.2) is 11.6 Å². The average Bonchev–Trinajstić information content (AvgIpc) is 3.01. The Morgan fingerprint density at radius 3 is 2.29 bits per heavy atom. The fraction of sp³-hybridized carbons (Fsp3) is 0.364. The molecule has 1 aliphatic heterocycles. The summed E-state index contributed by atoms with van der Waals surface area (Å²) in [6.45, 7) is 1.82. The summed E-state index contributed by atoms with van der Waals surface area (Å²) in [5.41, 5.74) is 6.15. The number of halogens is 4. The highest BCUT2D eigenvalue weighted by atomic mass is 35.5. The van der Waals surface area contributed by atoms with E-state index in [4.69, 9.17) is 5.73 Å². The average molecular weight is 500 g/mol. The van der Waals surface area contributed by atoms with Gasteiger partial charge in [-0.3, -0.25) is 19.4 Å². The SMILES string of the molecule is CC(=O)N1CCN(C(=O)C[C@H](N)Cc2cc(F)c(F)cc2F)CCN1C(=O)c1cccnc1.Cl. The Morgan fingerprint density at radius 2 is 1.68 bits per heavy atom. The smallest absolute Gasteiger partial charge is 0.274 e. The summed E-state index contributed by atoms with van der Waals surface area (Å²) in [5, 5.41) is 2.56. The van der Waals surface area contributed by atoms with Crippen molar-refractivity contribution in [2.24, 2.45) is 5.73 Å². The van der Waals surface area contributed by atoms with Gasteiger partial charge in [-0.05, 0) is 30.2 Å². The Balaban J connectivity index is 0.00000408. The molecule has 184 valence electrons. The van der Waals surface area contributed by atoms with Crippen molar-refractivity contribution in [1.82, 2.24) is 19.9 Å². The number of hydrogen-bond acceptors (Lipinski definition) is 5. The molecule has 1 aromatic carbocycles. The molecule has 0 aliphatic carbocycles. The van der Waals surface area contributed by atoms with Gasteiger partial charge in [-0.1, -0.05) is 0 Å². The third-order valence-corrected chi connectivity index (χ3v) is 5.32. The molecule has 1 fully saturated rings. The molecular formula is C22H25ClF3N5O3. The number of carbonyl (C=O) groups excluding carboxylic acids is 3. The summed E-state index contributed by atoms with van der Waals surface area (Å²) in [7, 11) is 0. The van der Waals surface area contributed by atoms with Gasteiger partial charge in [0.2, 0.25) is 11.8 Å². The number of hydrazine groups is 1. The fourth-order valence-corrected chi connectivity index (χ4v) is 3.64. The summed E-state index contributed by atoms with van der Waals surface area (Å²) >= 11 is 0. The van der Waals surface area contributed by atoms with Crippen LogP contribution in [0.4, 0.5) is 13.2 Å². The van der Waals surface area contributed by atoms with E-state index in [2.05, 4.69) is 4.98 Å². The van der Waals surface area contributed by atoms with Crippen LogP contribution in [-0.4, -0.2) is 69.8 Å². The predicted molar refractivity (Wildman–Crippen MR) is 119 cm³/mol. The standard InChI is InChI=1S/C22H24F3N5O3.ClH/c1-14(31)29-7-5-28(6-8-30(29)22(33)15-3-2-4-27-13-15)21(32)11-17(26)9-16-10-19(24)20(25)12-18(16)23;/h2-4,10,12-13,17H,5-9,11,26H2,1H3;1H/t17-;/m1./s1. The lowest BCUT2D eigenvalue weighted by atomic mass is 10.0. The third-order valence-electron chi connectivity index (χ3n) is 5.32. The molecule has 8 nitrogen and oxygen atoms in total. The molecule has 1 saturated heterocycles. The minimum atomic E-state index is -1.30. The summed E-state index contributed by atoms with van der Waals surface area (Å²) in [4.78, 5) is 43.2. The van der Waals surface area contributed by atoms with Crippen LogP contribution in [0.25, 0.3) is 0 Å². The molecule has 1 atom stereocenters. The lowest BCUT2D eigenvalue weighted by Gasteiger charge is -2.31. The number of rotatable bonds is 5. The van der Waals surface area contributed by atoms with Gasteiger partial charge in [0.25, 0.3) is 5.91 Å². The zero-order valence-electron chi connectivity index (χ0n) is 18.4. The number of aromatic nitrogens is 1. The number of hydrogen-bond donors (Lipinski definition) is 1. The Hall–Kier alpha value is -3.18. The van der Waals surface area contributed by atoms with Crippen LogP contribution in [0.3, 0.4) is 0 Å². The monoisotopic (exact) mass is 499 g/mol. The largest absolute Gasteiger partial charge is 0.339 e. The Bertz CT molecular complexity index is 1040. The number of nitrogens with two attached hydrogens (primary N) is 1. The van der Waals surface area contributed by atoms with Crippen LogP contribution >= 0.6 is 12.4 Å². The lowest BCUT2D eigenvalue weighted by molar-refractivity contribution is -0.141. The number of amides is 3. The summed E-state index contributed by atoms with van der Waals surface area (Å²) < 4.78 is 40.4. The van der Waals surface area contributed by atoms with Crippen molar-refractivity contribution >= 4 is 30.1 Å². The Kier molecular flexibility index (Phi) is 9.39. The number of pyridine rings is 1. The van der Waals surface area contributed by atoms with Gasteiger partial charge >= 0.3 is 0 Å². The third kappa shape index (κ3) is 6.45. The zero-order valence-corrected chi connectivity index (χ0v) is 19.2. The molecule has 12 heteroatoms. The van der Waals surface area contributed by atoms with Crippen molar-refractivity contribution in [1.29, 1.82) is 0 Å². The van der Waals surface area contributed by atoms with Crippen LogP contribution in [0.2, 0.25) is 0 Å². The first-order chi connectivity index (χ1) is 15.7. The van der Waals surface area contributed by atoms with Crippen molar-refractivity contribution in [2.45, 2.75) is 25.8 Å². The van der Waals surface area contributed by atoms with E-state index in [-0.39, 0.29) is 68.8 Å². The molecule has 0 spiro atoms. The molecule has 0 bridgehead atoms. The molecular weight excluding hydrogens is 475 g/mol. The summed E-state index contributed by atoms with van der Waals surface area (Å²) in [6.07, 6.45) is 2.59.